The number of benzene rings is 1. The van der Waals surface area contributed by atoms with Crippen LogP contribution in [0.1, 0.15) is 26.3 Å². The van der Waals surface area contributed by atoms with Gasteiger partial charge in [0.05, 0.1) is 10.6 Å². The maximum Gasteiger partial charge on any atom is 0.244 e. The normalized spacial score (nSPS) is 12.6. The van der Waals surface area contributed by atoms with Crippen LogP contribution in [0.3, 0.4) is 0 Å². The fourth-order valence-electron chi connectivity index (χ4n) is 2.17. The minimum atomic E-state index is -3.50. The fourth-order valence-corrected chi connectivity index (χ4v) is 4.33. The summed E-state index contributed by atoms with van der Waals surface area (Å²) in [5.74, 6) is -0.459. The van der Waals surface area contributed by atoms with Gasteiger partial charge in [-0.1, -0.05) is 32.9 Å². The van der Waals surface area contributed by atoms with E-state index in [0.717, 1.165) is 0 Å². The molecule has 0 bridgehead atoms. The zero-order valence-electron chi connectivity index (χ0n) is 15.3. The molecule has 146 valence electrons. The highest BCUT2D eigenvalue weighted by Crippen LogP contribution is 2.16. The Balaban J connectivity index is 2.69. The Hall–Kier alpha value is -1.71. The minimum Gasteiger partial charge on any atom is -0.352 e. The number of hydrogen-bond acceptors (Lipinski definition) is 5. The summed E-state index contributed by atoms with van der Waals surface area (Å²) in [5, 5.41) is 2.50. The lowest BCUT2D eigenvalue weighted by Gasteiger charge is -2.18. The second kappa shape index (κ2) is 9.84. The van der Waals surface area contributed by atoms with Gasteiger partial charge in [0.1, 0.15) is 0 Å². The van der Waals surface area contributed by atoms with Gasteiger partial charge in [-0.3, -0.25) is 4.79 Å². The molecule has 1 rings (SSSR count). The number of hydrogen-bond donors (Lipinski definition) is 1. The van der Waals surface area contributed by atoms with Crippen LogP contribution in [-0.4, -0.2) is 58.2 Å². The molecule has 0 saturated heterocycles. The SMILES string of the molecule is CCN(CC)S(=O)(=O)c1ccc(/C=C/C(=O)NCCS(=O)(=O)CC)cc1. The van der Waals surface area contributed by atoms with Gasteiger partial charge in [-0.25, -0.2) is 16.8 Å². The van der Waals surface area contributed by atoms with E-state index in [9.17, 15) is 21.6 Å². The molecule has 1 N–H and O–H groups in total. The van der Waals surface area contributed by atoms with Crippen LogP contribution >= 0.6 is 0 Å². The summed E-state index contributed by atoms with van der Waals surface area (Å²) in [6.07, 6.45) is 2.82. The van der Waals surface area contributed by atoms with Crippen molar-refractivity contribution in [3.63, 3.8) is 0 Å². The predicted octanol–water partition coefficient (Wildman–Crippen LogP) is 1.28. The lowest BCUT2D eigenvalue weighted by atomic mass is 10.2. The number of nitrogens with one attached hydrogen (secondary N) is 1. The summed E-state index contributed by atoms with van der Waals surface area (Å²) in [7, 11) is -6.62. The zero-order chi connectivity index (χ0) is 19.8. The van der Waals surface area contributed by atoms with Gasteiger partial charge in [-0.2, -0.15) is 4.31 Å². The van der Waals surface area contributed by atoms with E-state index in [1.165, 1.54) is 28.6 Å². The number of carbonyl (C=O) groups is 1. The smallest absolute Gasteiger partial charge is 0.244 e. The highest BCUT2D eigenvalue weighted by Gasteiger charge is 2.20. The van der Waals surface area contributed by atoms with Crippen molar-refractivity contribution in [1.82, 2.24) is 9.62 Å². The summed E-state index contributed by atoms with van der Waals surface area (Å²) in [6, 6.07) is 6.22. The molecule has 1 amide bonds. The van der Waals surface area contributed by atoms with E-state index >= 15 is 0 Å². The molecular formula is C17H26N2O5S2. The second-order valence-electron chi connectivity index (χ2n) is 5.52. The molecule has 1 aromatic carbocycles. The molecule has 0 radical (unpaired) electrons. The van der Waals surface area contributed by atoms with Crippen LogP contribution in [0.4, 0.5) is 0 Å². The first-order valence-corrected chi connectivity index (χ1v) is 11.7. The van der Waals surface area contributed by atoms with E-state index in [0.29, 0.717) is 18.7 Å². The lowest BCUT2D eigenvalue weighted by Crippen LogP contribution is -2.30. The largest absolute Gasteiger partial charge is 0.352 e. The average Bonchev–Trinajstić information content (AvgIpc) is 2.61. The number of nitrogens with zero attached hydrogens (tertiary/aromatic N) is 1. The van der Waals surface area contributed by atoms with E-state index in [-0.39, 0.29) is 22.9 Å². The molecular weight excluding hydrogens is 376 g/mol. The van der Waals surface area contributed by atoms with E-state index in [1.54, 1.807) is 32.9 Å². The van der Waals surface area contributed by atoms with Gasteiger partial charge in [0, 0.05) is 31.5 Å². The lowest BCUT2D eigenvalue weighted by molar-refractivity contribution is -0.116. The van der Waals surface area contributed by atoms with Crippen molar-refractivity contribution < 1.29 is 21.6 Å². The average molecular weight is 403 g/mol. The summed E-state index contributed by atoms with van der Waals surface area (Å²) in [5.41, 5.74) is 0.667. The first-order chi connectivity index (χ1) is 12.2. The molecule has 1 aromatic rings. The summed E-state index contributed by atoms with van der Waals surface area (Å²) in [6.45, 7) is 5.97. The third-order valence-corrected chi connectivity index (χ3v) is 7.57. The van der Waals surface area contributed by atoms with Crippen LogP contribution in [-0.2, 0) is 24.7 Å². The Labute approximate surface area is 156 Å². The zero-order valence-corrected chi connectivity index (χ0v) is 16.9. The molecule has 0 aliphatic carbocycles. The Bertz CT molecular complexity index is 824. The van der Waals surface area contributed by atoms with Crippen molar-refractivity contribution in [3.05, 3.63) is 35.9 Å². The Kier molecular flexibility index (Phi) is 8.45. The molecule has 0 aliphatic heterocycles. The molecule has 0 unspecified atom stereocenters. The van der Waals surface area contributed by atoms with Gasteiger partial charge in [0.25, 0.3) is 0 Å². The molecule has 0 spiro atoms. The number of amides is 1. The van der Waals surface area contributed by atoms with E-state index < -0.39 is 25.8 Å². The predicted molar refractivity (Wildman–Crippen MR) is 103 cm³/mol. The molecule has 26 heavy (non-hydrogen) atoms. The number of carbonyl (C=O) groups excluding carboxylic acids is 1. The number of rotatable bonds is 10. The van der Waals surface area contributed by atoms with Crippen LogP contribution in [0.5, 0.6) is 0 Å². The summed E-state index contributed by atoms with van der Waals surface area (Å²) in [4.78, 5) is 11.9. The van der Waals surface area contributed by atoms with E-state index in [1.807, 2.05) is 0 Å². The third-order valence-electron chi connectivity index (χ3n) is 3.80. The minimum absolute atomic E-state index is 0.0431. The molecule has 0 saturated carbocycles. The standard InChI is InChI=1S/C17H26N2O5S2/c1-4-19(5-2)26(23,24)16-10-7-15(8-11-16)9-12-17(20)18-13-14-25(21,22)6-3/h7-12H,4-6,13-14H2,1-3H3,(H,18,20)/b12-9+. The van der Waals surface area contributed by atoms with Crippen LogP contribution in [0.25, 0.3) is 6.08 Å². The van der Waals surface area contributed by atoms with Gasteiger partial charge in [0.15, 0.2) is 9.84 Å². The van der Waals surface area contributed by atoms with Gasteiger partial charge in [-0.05, 0) is 23.8 Å². The van der Waals surface area contributed by atoms with Crippen molar-refractivity contribution in [1.29, 1.82) is 0 Å². The van der Waals surface area contributed by atoms with Crippen LogP contribution in [0.2, 0.25) is 0 Å². The topological polar surface area (TPSA) is 101 Å². The van der Waals surface area contributed by atoms with Crippen LogP contribution in [0.15, 0.2) is 35.2 Å². The highest BCUT2D eigenvalue weighted by atomic mass is 32.2. The van der Waals surface area contributed by atoms with Crippen LogP contribution < -0.4 is 5.32 Å². The second-order valence-corrected chi connectivity index (χ2v) is 9.93. The van der Waals surface area contributed by atoms with Crippen molar-refractivity contribution in [2.24, 2.45) is 0 Å². The molecule has 0 aliphatic rings. The first kappa shape index (κ1) is 22.3. The van der Waals surface area contributed by atoms with Gasteiger partial charge in [0.2, 0.25) is 15.9 Å². The van der Waals surface area contributed by atoms with Crippen molar-refractivity contribution >= 4 is 31.8 Å². The molecule has 0 heterocycles. The van der Waals surface area contributed by atoms with Crippen molar-refractivity contribution in [2.45, 2.75) is 25.7 Å². The molecule has 0 atom stereocenters. The summed E-state index contributed by atoms with van der Waals surface area (Å²) < 4.78 is 48.8. The molecule has 0 fully saturated rings. The third kappa shape index (κ3) is 6.54. The Morgan fingerprint density at radius 2 is 1.62 bits per heavy atom. The van der Waals surface area contributed by atoms with Gasteiger partial charge < -0.3 is 5.32 Å². The molecule has 9 heteroatoms. The Morgan fingerprint density at radius 3 is 2.12 bits per heavy atom. The Morgan fingerprint density at radius 1 is 1.04 bits per heavy atom. The summed E-state index contributed by atoms with van der Waals surface area (Å²) >= 11 is 0. The fraction of sp³-hybridized carbons (Fsp3) is 0.471. The monoisotopic (exact) mass is 402 g/mol. The highest BCUT2D eigenvalue weighted by molar-refractivity contribution is 7.91. The molecule has 0 aromatic heterocycles. The van der Waals surface area contributed by atoms with Crippen LogP contribution in [0, 0.1) is 0 Å². The van der Waals surface area contributed by atoms with Crippen molar-refractivity contribution in [2.75, 3.05) is 31.1 Å². The van der Waals surface area contributed by atoms with E-state index in [4.69, 9.17) is 0 Å². The maximum atomic E-state index is 12.4. The number of sulfonamides is 1. The van der Waals surface area contributed by atoms with E-state index in [2.05, 4.69) is 5.32 Å². The quantitative estimate of drug-likeness (QED) is 0.594. The van der Waals surface area contributed by atoms with Gasteiger partial charge >= 0.3 is 0 Å². The molecule has 7 nitrogen and oxygen atoms in total. The first-order valence-electron chi connectivity index (χ1n) is 8.42. The van der Waals surface area contributed by atoms with Crippen molar-refractivity contribution in [3.8, 4) is 0 Å². The van der Waals surface area contributed by atoms with Gasteiger partial charge in [-0.15, -0.1) is 0 Å². The maximum absolute atomic E-state index is 12.4. The number of sulfone groups is 1.